The summed E-state index contributed by atoms with van der Waals surface area (Å²) >= 11 is 5.55. The van der Waals surface area contributed by atoms with Gasteiger partial charge in [0.05, 0.1) is 17.3 Å². The van der Waals surface area contributed by atoms with Crippen molar-refractivity contribution in [3.05, 3.63) is 28.8 Å². The molecule has 1 aliphatic rings. The third-order valence-electron chi connectivity index (χ3n) is 3.39. The predicted octanol–water partition coefficient (Wildman–Crippen LogP) is 3.99. The Bertz CT molecular complexity index is 588. The Morgan fingerprint density at radius 1 is 1.40 bits per heavy atom. The van der Waals surface area contributed by atoms with Gasteiger partial charge in [0, 0.05) is 5.02 Å². The number of nitrogens with one attached hydrogen (secondary N) is 1. The van der Waals surface area contributed by atoms with E-state index in [0.717, 1.165) is 12.1 Å². The van der Waals surface area contributed by atoms with Gasteiger partial charge in [-0.25, -0.2) is 0 Å². The number of alkyl halides is 3. The minimum Gasteiger partial charge on any atom is -0.324 e. The molecule has 0 unspecified atom stereocenters. The topological polar surface area (TPSA) is 52.9 Å². The first-order valence-electron chi connectivity index (χ1n) is 5.88. The van der Waals surface area contributed by atoms with E-state index >= 15 is 0 Å². The molecular weight excluding hydrogens is 293 g/mol. The van der Waals surface area contributed by atoms with Gasteiger partial charge in [-0.3, -0.25) is 4.79 Å². The van der Waals surface area contributed by atoms with Crippen LogP contribution in [0, 0.1) is 16.7 Å². The Kier molecular flexibility index (Phi) is 3.65. The normalized spacial score (nSPS) is 16.9. The number of anilines is 1. The molecular formula is C13H10ClF3N2O. The van der Waals surface area contributed by atoms with E-state index < -0.39 is 23.1 Å². The SMILES string of the molecule is N#CC1(C(=O)Nc2ccc(Cl)cc2C(F)(F)F)CCC1. The molecule has 0 atom stereocenters. The van der Waals surface area contributed by atoms with Crippen molar-refractivity contribution in [1.29, 1.82) is 5.26 Å². The van der Waals surface area contributed by atoms with Crippen molar-refractivity contribution in [3.8, 4) is 6.07 Å². The highest BCUT2D eigenvalue weighted by molar-refractivity contribution is 6.30. The minimum absolute atomic E-state index is 0.0750. The van der Waals surface area contributed by atoms with E-state index in [2.05, 4.69) is 5.32 Å². The first-order valence-corrected chi connectivity index (χ1v) is 6.26. The monoisotopic (exact) mass is 302 g/mol. The molecule has 0 heterocycles. The number of rotatable bonds is 2. The van der Waals surface area contributed by atoms with E-state index in [0.29, 0.717) is 19.3 Å². The third-order valence-corrected chi connectivity index (χ3v) is 3.63. The molecule has 1 aromatic rings. The summed E-state index contributed by atoms with van der Waals surface area (Å²) in [6.45, 7) is 0. The van der Waals surface area contributed by atoms with Gasteiger partial charge in [-0.05, 0) is 37.5 Å². The number of amides is 1. The lowest BCUT2D eigenvalue weighted by Crippen LogP contribution is -2.41. The van der Waals surface area contributed by atoms with Crippen molar-refractivity contribution in [2.24, 2.45) is 5.41 Å². The molecule has 0 aromatic heterocycles. The maximum absolute atomic E-state index is 12.9. The largest absolute Gasteiger partial charge is 0.418 e. The Labute approximate surface area is 118 Å². The van der Waals surface area contributed by atoms with Crippen molar-refractivity contribution in [1.82, 2.24) is 0 Å². The van der Waals surface area contributed by atoms with Crippen LogP contribution in [0.15, 0.2) is 18.2 Å². The van der Waals surface area contributed by atoms with Gasteiger partial charge in [0.25, 0.3) is 0 Å². The molecule has 1 saturated carbocycles. The molecule has 0 spiro atoms. The van der Waals surface area contributed by atoms with Crippen LogP contribution in [-0.4, -0.2) is 5.91 Å². The van der Waals surface area contributed by atoms with Crippen molar-refractivity contribution >= 4 is 23.2 Å². The zero-order valence-electron chi connectivity index (χ0n) is 10.2. The maximum atomic E-state index is 12.9. The van der Waals surface area contributed by atoms with Crippen molar-refractivity contribution in [2.45, 2.75) is 25.4 Å². The van der Waals surface area contributed by atoms with E-state index in [4.69, 9.17) is 16.9 Å². The number of carbonyl (C=O) groups excluding carboxylic acids is 1. The van der Waals surface area contributed by atoms with E-state index in [1.807, 2.05) is 6.07 Å². The summed E-state index contributed by atoms with van der Waals surface area (Å²) in [4.78, 5) is 12.0. The van der Waals surface area contributed by atoms with Crippen LogP contribution in [0.3, 0.4) is 0 Å². The predicted molar refractivity (Wildman–Crippen MR) is 67.0 cm³/mol. The number of nitrogens with zero attached hydrogens (tertiary/aromatic N) is 1. The fourth-order valence-corrected chi connectivity index (χ4v) is 2.19. The molecule has 7 heteroatoms. The maximum Gasteiger partial charge on any atom is 0.418 e. The molecule has 1 fully saturated rings. The van der Waals surface area contributed by atoms with E-state index in [9.17, 15) is 18.0 Å². The molecule has 0 bridgehead atoms. The zero-order chi connectivity index (χ0) is 15.0. The van der Waals surface area contributed by atoms with Crippen LogP contribution in [0.25, 0.3) is 0 Å². The van der Waals surface area contributed by atoms with Gasteiger partial charge in [-0.1, -0.05) is 11.6 Å². The van der Waals surface area contributed by atoms with Crippen LogP contribution in [0.2, 0.25) is 5.02 Å². The van der Waals surface area contributed by atoms with Crippen LogP contribution in [-0.2, 0) is 11.0 Å². The van der Waals surface area contributed by atoms with Crippen LogP contribution in [0.1, 0.15) is 24.8 Å². The summed E-state index contributed by atoms with van der Waals surface area (Å²) in [6.07, 6.45) is -3.19. The fraction of sp³-hybridized carbons (Fsp3) is 0.385. The zero-order valence-corrected chi connectivity index (χ0v) is 11.0. The lowest BCUT2D eigenvalue weighted by Gasteiger charge is -2.33. The molecule has 1 aliphatic carbocycles. The second kappa shape index (κ2) is 4.98. The smallest absolute Gasteiger partial charge is 0.324 e. The molecule has 1 amide bonds. The quantitative estimate of drug-likeness (QED) is 0.898. The average Bonchev–Trinajstić information content (AvgIpc) is 2.29. The second-order valence-corrected chi connectivity index (χ2v) is 5.13. The number of halogens is 4. The summed E-state index contributed by atoms with van der Waals surface area (Å²) in [7, 11) is 0. The summed E-state index contributed by atoms with van der Waals surface area (Å²) in [5, 5.41) is 11.1. The van der Waals surface area contributed by atoms with Gasteiger partial charge >= 0.3 is 6.18 Å². The van der Waals surface area contributed by atoms with Crippen LogP contribution < -0.4 is 5.32 Å². The molecule has 3 nitrogen and oxygen atoms in total. The summed E-state index contributed by atoms with van der Waals surface area (Å²) in [6, 6.07) is 4.98. The first-order chi connectivity index (χ1) is 9.28. The molecule has 2 rings (SSSR count). The Balaban J connectivity index is 2.31. The second-order valence-electron chi connectivity index (χ2n) is 4.69. The van der Waals surface area contributed by atoms with Crippen LogP contribution >= 0.6 is 11.6 Å². The molecule has 106 valence electrons. The van der Waals surface area contributed by atoms with Gasteiger partial charge in [0.15, 0.2) is 0 Å². The van der Waals surface area contributed by atoms with E-state index in [1.165, 1.54) is 6.07 Å². The number of carbonyl (C=O) groups is 1. The third kappa shape index (κ3) is 2.59. The Hall–Kier alpha value is -1.74. The molecule has 0 radical (unpaired) electrons. The summed E-state index contributed by atoms with van der Waals surface area (Å²) in [5.41, 5.74) is -2.61. The van der Waals surface area contributed by atoms with E-state index in [-0.39, 0.29) is 10.7 Å². The van der Waals surface area contributed by atoms with Gasteiger partial charge in [0.2, 0.25) is 5.91 Å². The highest BCUT2D eigenvalue weighted by Crippen LogP contribution is 2.42. The van der Waals surface area contributed by atoms with Crippen LogP contribution in [0.4, 0.5) is 18.9 Å². The van der Waals surface area contributed by atoms with Crippen molar-refractivity contribution in [2.75, 3.05) is 5.32 Å². The lowest BCUT2D eigenvalue weighted by molar-refractivity contribution is -0.137. The first kappa shape index (κ1) is 14.7. The number of hydrogen-bond donors (Lipinski definition) is 1. The number of benzene rings is 1. The van der Waals surface area contributed by atoms with Gasteiger partial charge < -0.3 is 5.32 Å². The molecule has 1 aromatic carbocycles. The molecule has 0 aliphatic heterocycles. The Morgan fingerprint density at radius 3 is 2.50 bits per heavy atom. The van der Waals surface area contributed by atoms with Gasteiger partial charge in [0.1, 0.15) is 5.41 Å². The van der Waals surface area contributed by atoms with Gasteiger partial charge in [-0.15, -0.1) is 0 Å². The average molecular weight is 303 g/mol. The fourth-order valence-electron chi connectivity index (χ4n) is 2.02. The Morgan fingerprint density at radius 2 is 2.05 bits per heavy atom. The van der Waals surface area contributed by atoms with Crippen LogP contribution in [0.5, 0.6) is 0 Å². The lowest BCUT2D eigenvalue weighted by atomic mass is 9.69. The molecule has 20 heavy (non-hydrogen) atoms. The van der Waals surface area contributed by atoms with E-state index in [1.54, 1.807) is 0 Å². The molecule has 1 N–H and O–H groups in total. The summed E-state index contributed by atoms with van der Waals surface area (Å²) in [5.74, 6) is -0.695. The van der Waals surface area contributed by atoms with Gasteiger partial charge in [-0.2, -0.15) is 18.4 Å². The number of nitriles is 1. The summed E-state index contributed by atoms with van der Waals surface area (Å²) < 4.78 is 38.6. The molecule has 0 saturated heterocycles. The highest BCUT2D eigenvalue weighted by Gasteiger charge is 2.45. The van der Waals surface area contributed by atoms with Crippen molar-refractivity contribution in [3.63, 3.8) is 0 Å². The highest BCUT2D eigenvalue weighted by atomic mass is 35.5. The standard InChI is InChI=1S/C13H10ClF3N2O/c14-8-2-3-10(9(6-8)13(15,16)17)19-11(20)12(7-18)4-1-5-12/h2-3,6H,1,4-5H2,(H,19,20). The minimum atomic E-state index is -4.63. The van der Waals surface area contributed by atoms with Crippen molar-refractivity contribution < 1.29 is 18.0 Å². The number of hydrogen-bond acceptors (Lipinski definition) is 2.